The Labute approximate surface area is 234 Å². The van der Waals surface area contributed by atoms with E-state index in [1.54, 1.807) is 0 Å². The molecule has 0 atom stereocenters. The lowest BCUT2D eigenvalue weighted by molar-refractivity contribution is 0.666. The molecular weight excluding hydrogens is 502 g/mol. The monoisotopic (exact) mass is 523 g/mol. The molecular formula is C37H21N3O. The van der Waals surface area contributed by atoms with E-state index in [4.69, 9.17) is 4.42 Å². The number of hydrogen-bond donors (Lipinski definition) is 0. The van der Waals surface area contributed by atoms with Crippen molar-refractivity contribution in [2.24, 2.45) is 0 Å². The van der Waals surface area contributed by atoms with Gasteiger partial charge in [-0.2, -0.15) is 5.26 Å². The van der Waals surface area contributed by atoms with Crippen molar-refractivity contribution >= 4 is 65.6 Å². The second-order valence-electron chi connectivity index (χ2n) is 10.5. The first-order valence-corrected chi connectivity index (χ1v) is 13.7. The lowest BCUT2D eigenvalue weighted by atomic mass is 10.1. The van der Waals surface area contributed by atoms with Gasteiger partial charge in [-0.05, 0) is 54.6 Å². The molecule has 9 aromatic rings. The van der Waals surface area contributed by atoms with Gasteiger partial charge in [0.05, 0.1) is 50.5 Å². The third-order valence-electron chi connectivity index (χ3n) is 8.34. The maximum atomic E-state index is 9.58. The number of rotatable bonds is 2. The molecule has 4 nitrogen and oxygen atoms in total. The number of nitrogens with zero attached hydrogens (tertiary/aromatic N) is 3. The van der Waals surface area contributed by atoms with E-state index in [0.29, 0.717) is 5.56 Å². The molecule has 3 heterocycles. The summed E-state index contributed by atoms with van der Waals surface area (Å²) < 4.78 is 11.3. The second-order valence-corrected chi connectivity index (χ2v) is 10.5. The number of nitriles is 1. The number of furan rings is 1. The highest BCUT2D eigenvalue weighted by Crippen LogP contribution is 2.41. The fraction of sp³-hybridized carbons (Fsp3) is 0. The van der Waals surface area contributed by atoms with Crippen molar-refractivity contribution in [2.45, 2.75) is 0 Å². The van der Waals surface area contributed by atoms with Crippen molar-refractivity contribution in [3.05, 3.63) is 133 Å². The number of aromatic nitrogens is 2. The van der Waals surface area contributed by atoms with E-state index in [0.717, 1.165) is 55.1 Å². The summed E-state index contributed by atoms with van der Waals surface area (Å²) in [6.07, 6.45) is 0. The quantitative estimate of drug-likeness (QED) is 0.226. The van der Waals surface area contributed by atoms with Crippen LogP contribution in [0.5, 0.6) is 0 Å². The zero-order valence-corrected chi connectivity index (χ0v) is 21.9. The number of para-hydroxylation sites is 4. The summed E-state index contributed by atoms with van der Waals surface area (Å²) >= 11 is 0. The lowest BCUT2D eigenvalue weighted by Gasteiger charge is -2.10. The van der Waals surface area contributed by atoms with Crippen LogP contribution in [0.1, 0.15) is 5.56 Å². The molecule has 9 rings (SSSR count). The fourth-order valence-corrected chi connectivity index (χ4v) is 6.66. The predicted octanol–water partition coefficient (Wildman–Crippen LogP) is 9.65. The zero-order valence-electron chi connectivity index (χ0n) is 21.9. The van der Waals surface area contributed by atoms with E-state index in [-0.39, 0.29) is 0 Å². The van der Waals surface area contributed by atoms with Crippen molar-refractivity contribution < 1.29 is 4.42 Å². The topological polar surface area (TPSA) is 46.8 Å². The highest BCUT2D eigenvalue weighted by Gasteiger charge is 2.21. The molecule has 41 heavy (non-hydrogen) atoms. The lowest BCUT2D eigenvalue weighted by Crippen LogP contribution is -1.95. The molecule has 0 saturated carbocycles. The smallest absolute Gasteiger partial charge is 0.159 e. The van der Waals surface area contributed by atoms with Crippen molar-refractivity contribution in [1.82, 2.24) is 9.13 Å². The summed E-state index contributed by atoms with van der Waals surface area (Å²) in [7, 11) is 0. The van der Waals surface area contributed by atoms with Gasteiger partial charge in [0.25, 0.3) is 0 Å². The molecule has 0 radical (unpaired) electrons. The van der Waals surface area contributed by atoms with E-state index in [2.05, 4.69) is 118 Å². The van der Waals surface area contributed by atoms with Crippen molar-refractivity contribution in [2.75, 3.05) is 0 Å². The summed E-state index contributed by atoms with van der Waals surface area (Å²) in [5.41, 5.74) is 8.86. The van der Waals surface area contributed by atoms with Gasteiger partial charge >= 0.3 is 0 Å². The van der Waals surface area contributed by atoms with Crippen molar-refractivity contribution in [1.29, 1.82) is 5.26 Å². The molecule has 0 aliphatic rings. The minimum absolute atomic E-state index is 0.651. The van der Waals surface area contributed by atoms with Crippen LogP contribution >= 0.6 is 0 Å². The average molecular weight is 524 g/mol. The molecule has 3 aromatic heterocycles. The zero-order chi connectivity index (χ0) is 27.1. The van der Waals surface area contributed by atoms with Crippen molar-refractivity contribution in [3.8, 4) is 17.4 Å². The Kier molecular flexibility index (Phi) is 4.37. The summed E-state index contributed by atoms with van der Waals surface area (Å²) in [4.78, 5) is 0. The highest BCUT2D eigenvalue weighted by molar-refractivity contribution is 6.16. The van der Waals surface area contributed by atoms with Gasteiger partial charge in [0, 0.05) is 26.9 Å². The Hall–Kier alpha value is -5.79. The van der Waals surface area contributed by atoms with Gasteiger partial charge in [-0.15, -0.1) is 0 Å². The van der Waals surface area contributed by atoms with Gasteiger partial charge in [0.15, 0.2) is 5.58 Å². The first kappa shape index (κ1) is 22.1. The Morgan fingerprint density at radius 3 is 1.71 bits per heavy atom. The second kappa shape index (κ2) is 8.11. The van der Waals surface area contributed by atoms with Gasteiger partial charge in [0.2, 0.25) is 0 Å². The Morgan fingerprint density at radius 2 is 1.02 bits per heavy atom. The highest BCUT2D eigenvalue weighted by atomic mass is 16.3. The number of hydrogen-bond acceptors (Lipinski definition) is 2. The maximum absolute atomic E-state index is 9.58. The molecule has 0 N–H and O–H groups in total. The Morgan fingerprint density at radius 1 is 0.488 bits per heavy atom. The van der Waals surface area contributed by atoms with Crippen LogP contribution in [0.15, 0.2) is 132 Å². The molecule has 0 aliphatic carbocycles. The largest absolute Gasteiger partial charge is 0.454 e. The van der Waals surface area contributed by atoms with Gasteiger partial charge in [0.1, 0.15) is 5.58 Å². The van der Waals surface area contributed by atoms with Gasteiger partial charge in [-0.25, -0.2) is 0 Å². The molecule has 4 heteroatoms. The van der Waals surface area contributed by atoms with Crippen LogP contribution in [0.25, 0.3) is 76.9 Å². The summed E-state index contributed by atoms with van der Waals surface area (Å²) in [6, 6.07) is 46.4. The molecule has 0 saturated heterocycles. The minimum Gasteiger partial charge on any atom is -0.454 e. The van der Waals surface area contributed by atoms with Crippen LogP contribution in [0.3, 0.4) is 0 Å². The minimum atomic E-state index is 0.651. The third kappa shape index (κ3) is 2.92. The molecule has 0 unspecified atom stereocenters. The molecule has 0 aliphatic heterocycles. The van der Waals surface area contributed by atoms with E-state index in [1.807, 2.05) is 24.3 Å². The molecule has 6 aromatic carbocycles. The third-order valence-corrected chi connectivity index (χ3v) is 8.34. The molecule has 190 valence electrons. The summed E-state index contributed by atoms with van der Waals surface area (Å²) in [6.45, 7) is 0. The molecule has 0 spiro atoms. The predicted molar refractivity (Wildman–Crippen MR) is 167 cm³/mol. The Balaban J connectivity index is 1.41. The van der Waals surface area contributed by atoms with E-state index in [1.165, 1.54) is 21.8 Å². The van der Waals surface area contributed by atoms with Gasteiger partial charge < -0.3 is 13.6 Å². The normalized spacial score (nSPS) is 11.9. The van der Waals surface area contributed by atoms with Gasteiger partial charge in [-0.3, -0.25) is 0 Å². The van der Waals surface area contributed by atoms with Crippen LogP contribution < -0.4 is 0 Å². The first-order valence-electron chi connectivity index (χ1n) is 13.7. The molecule has 0 bridgehead atoms. The van der Waals surface area contributed by atoms with Crippen molar-refractivity contribution in [3.63, 3.8) is 0 Å². The van der Waals surface area contributed by atoms with Crippen LogP contribution in [0, 0.1) is 11.3 Å². The number of benzene rings is 6. The Bertz CT molecular complexity index is 2500. The first-order chi connectivity index (χ1) is 20.3. The SMILES string of the molecule is N#Cc1ccc2c(c1)c1ccccc1n2-c1cccc2c1oc1cccc(-n3c4ccccc4c4ccccc43)c12. The fourth-order valence-electron chi connectivity index (χ4n) is 6.66. The maximum Gasteiger partial charge on any atom is 0.159 e. The van der Waals surface area contributed by atoms with Crippen LogP contribution in [0.2, 0.25) is 0 Å². The van der Waals surface area contributed by atoms with Gasteiger partial charge in [-0.1, -0.05) is 72.8 Å². The van der Waals surface area contributed by atoms with Crippen LogP contribution in [-0.4, -0.2) is 9.13 Å². The number of fused-ring (bicyclic) bond motifs is 9. The van der Waals surface area contributed by atoms with E-state index in [9.17, 15) is 5.26 Å². The van der Waals surface area contributed by atoms with E-state index >= 15 is 0 Å². The van der Waals surface area contributed by atoms with Crippen LogP contribution in [0.4, 0.5) is 0 Å². The standard InChI is InChI=1S/C37H21N3O/c38-22-23-19-20-32-28(21-23)26-11-3-6-15-31(26)40(32)34-17-7-12-27-36-33(16-8-18-35(36)41-37(27)34)39-29-13-4-1-9-24(29)25-10-2-5-14-30(25)39/h1-21H. The molecule has 0 fully saturated rings. The average Bonchev–Trinajstić information content (AvgIpc) is 3.68. The molecule has 0 amide bonds. The van der Waals surface area contributed by atoms with E-state index < -0.39 is 0 Å². The summed E-state index contributed by atoms with van der Waals surface area (Å²) in [5.74, 6) is 0. The summed E-state index contributed by atoms with van der Waals surface area (Å²) in [5, 5.41) is 16.4. The van der Waals surface area contributed by atoms with Crippen LogP contribution in [-0.2, 0) is 0 Å².